The summed E-state index contributed by atoms with van der Waals surface area (Å²) in [6.07, 6.45) is 0. The molecule has 0 saturated carbocycles. The zero-order chi connectivity index (χ0) is 15.9. The molecule has 0 aliphatic heterocycles. The third-order valence-corrected chi connectivity index (χ3v) is 3.20. The van der Waals surface area contributed by atoms with Gasteiger partial charge in [0.15, 0.2) is 11.5 Å². The fourth-order valence-corrected chi connectivity index (χ4v) is 2.09. The number of rotatable bonds is 6. The maximum atomic E-state index is 12.9. The molecule has 0 bridgehead atoms. The number of hydrogen-bond acceptors (Lipinski definition) is 3. The van der Waals surface area contributed by atoms with Crippen molar-refractivity contribution in [1.82, 2.24) is 5.32 Å². The van der Waals surface area contributed by atoms with Crippen LogP contribution in [0.15, 0.2) is 42.5 Å². The predicted molar refractivity (Wildman–Crippen MR) is 82.2 cm³/mol. The van der Waals surface area contributed by atoms with E-state index in [4.69, 9.17) is 21.1 Å². The van der Waals surface area contributed by atoms with Crippen LogP contribution >= 0.6 is 11.6 Å². The van der Waals surface area contributed by atoms with Crippen molar-refractivity contribution in [2.24, 2.45) is 0 Å². The van der Waals surface area contributed by atoms with Crippen LogP contribution in [0.5, 0.6) is 11.5 Å². The van der Waals surface area contributed by atoms with Crippen LogP contribution in [-0.4, -0.2) is 26.2 Å². The smallest absolute Gasteiger partial charge is 0.252 e. The molecule has 0 unspecified atom stereocenters. The van der Waals surface area contributed by atoms with Crippen LogP contribution in [0.3, 0.4) is 0 Å². The van der Waals surface area contributed by atoms with Crippen molar-refractivity contribution >= 4 is 17.5 Å². The van der Waals surface area contributed by atoms with Crippen molar-refractivity contribution in [2.45, 2.75) is 0 Å². The molecule has 116 valence electrons. The monoisotopic (exact) mass is 323 g/mol. The molecule has 0 aliphatic carbocycles. The Morgan fingerprint density at radius 2 is 1.95 bits per heavy atom. The average Bonchev–Trinajstić information content (AvgIpc) is 2.51. The highest BCUT2D eigenvalue weighted by molar-refractivity contribution is 6.33. The van der Waals surface area contributed by atoms with E-state index in [1.807, 2.05) is 12.1 Å². The lowest BCUT2D eigenvalue weighted by Gasteiger charge is -2.11. The van der Waals surface area contributed by atoms with Gasteiger partial charge < -0.3 is 14.8 Å². The summed E-state index contributed by atoms with van der Waals surface area (Å²) < 4.78 is 23.6. The number of carbonyl (C=O) groups excluding carboxylic acids is 1. The van der Waals surface area contributed by atoms with Gasteiger partial charge in [-0.2, -0.15) is 0 Å². The van der Waals surface area contributed by atoms with E-state index in [2.05, 4.69) is 5.32 Å². The number of carbonyl (C=O) groups is 1. The molecule has 2 rings (SSSR count). The number of benzene rings is 2. The molecule has 22 heavy (non-hydrogen) atoms. The topological polar surface area (TPSA) is 47.6 Å². The van der Waals surface area contributed by atoms with Gasteiger partial charge in [-0.15, -0.1) is 0 Å². The fourth-order valence-electron chi connectivity index (χ4n) is 1.83. The second-order valence-corrected chi connectivity index (χ2v) is 4.79. The molecule has 0 aliphatic rings. The highest BCUT2D eigenvalue weighted by Crippen LogP contribution is 2.25. The van der Waals surface area contributed by atoms with Gasteiger partial charge in [-0.05, 0) is 30.3 Å². The Hall–Kier alpha value is -2.27. The van der Waals surface area contributed by atoms with Crippen LogP contribution in [0, 0.1) is 5.82 Å². The van der Waals surface area contributed by atoms with E-state index in [-0.39, 0.29) is 29.6 Å². The fraction of sp³-hybridized carbons (Fsp3) is 0.188. The zero-order valence-corrected chi connectivity index (χ0v) is 12.7. The van der Waals surface area contributed by atoms with E-state index >= 15 is 0 Å². The van der Waals surface area contributed by atoms with Crippen molar-refractivity contribution in [3.05, 3.63) is 58.9 Å². The van der Waals surface area contributed by atoms with Crippen molar-refractivity contribution in [3.8, 4) is 11.5 Å². The van der Waals surface area contributed by atoms with Crippen LogP contribution in [0.2, 0.25) is 5.02 Å². The van der Waals surface area contributed by atoms with Gasteiger partial charge in [-0.25, -0.2) is 4.39 Å². The van der Waals surface area contributed by atoms with Gasteiger partial charge in [-0.3, -0.25) is 4.79 Å². The average molecular weight is 324 g/mol. The number of hydrogen-bond donors (Lipinski definition) is 1. The Bertz CT molecular complexity index is 664. The molecule has 4 nitrogen and oxygen atoms in total. The van der Waals surface area contributed by atoms with Crippen molar-refractivity contribution in [2.75, 3.05) is 20.3 Å². The lowest BCUT2D eigenvalue weighted by atomic mass is 10.2. The van der Waals surface area contributed by atoms with E-state index in [9.17, 15) is 9.18 Å². The third-order valence-electron chi connectivity index (χ3n) is 2.89. The first-order valence-electron chi connectivity index (χ1n) is 6.61. The molecule has 2 aromatic carbocycles. The second-order valence-electron chi connectivity index (χ2n) is 4.38. The van der Waals surface area contributed by atoms with Gasteiger partial charge in [-0.1, -0.05) is 23.7 Å². The second kappa shape index (κ2) is 7.66. The number of nitrogens with one attached hydrogen (secondary N) is 1. The van der Waals surface area contributed by atoms with Crippen LogP contribution < -0.4 is 14.8 Å². The molecule has 2 aromatic rings. The summed E-state index contributed by atoms with van der Waals surface area (Å²) in [5, 5.41) is 2.73. The third kappa shape index (κ3) is 4.11. The highest BCUT2D eigenvalue weighted by atomic mass is 35.5. The molecule has 6 heteroatoms. The molecule has 0 spiro atoms. The van der Waals surface area contributed by atoms with Gasteiger partial charge in [0.2, 0.25) is 0 Å². The summed E-state index contributed by atoms with van der Waals surface area (Å²) in [4.78, 5) is 11.9. The molecule has 0 atom stereocenters. The number of para-hydroxylation sites is 2. The molecule has 0 fully saturated rings. The molecule has 0 heterocycles. The molecule has 0 saturated heterocycles. The minimum Gasteiger partial charge on any atom is -0.493 e. The molecule has 1 N–H and O–H groups in total. The van der Waals surface area contributed by atoms with E-state index < -0.39 is 5.82 Å². The van der Waals surface area contributed by atoms with Crippen LogP contribution in [0.4, 0.5) is 4.39 Å². The van der Waals surface area contributed by atoms with Gasteiger partial charge in [0, 0.05) is 0 Å². The summed E-state index contributed by atoms with van der Waals surface area (Å²) in [6.45, 7) is 0.551. The van der Waals surface area contributed by atoms with Gasteiger partial charge >= 0.3 is 0 Å². The van der Waals surface area contributed by atoms with Crippen molar-refractivity contribution < 1.29 is 18.7 Å². The molecular weight excluding hydrogens is 309 g/mol. The van der Waals surface area contributed by atoms with E-state index in [1.165, 1.54) is 12.1 Å². The van der Waals surface area contributed by atoms with Crippen molar-refractivity contribution in [3.63, 3.8) is 0 Å². The quantitative estimate of drug-likeness (QED) is 0.830. The molecule has 0 aromatic heterocycles. The summed E-state index contributed by atoms with van der Waals surface area (Å²) in [6, 6.07) is 10.9. The Morgan fingerprint density at radius 3 is 2.64 bits per heavy atom. The maximum Gasteiger partial charge on any atom is 0.252 e. The minimum atomic E-state index is -0.485. The first-order valence-corrected chi connectivity index (χ1v) is 6.98. The van der Waals surface area contributed by atoms with Crippen molar-refractivity contribution in [1.29, 1.82) is 0 Å². The van der Waals surface area contributed by atoms with Gasteiger partial charge in [0.1, 0.15) is 12.4 Å². The Labute approximate surface area is 132 Å². The first kappa shape index (κ1) is 16.1. The van der Waals surface area contributed by atoms with E-state index in [0.29, 0.717) is 11.5 Å². The normalized spacial score (nSPS) is 10.1. The largest absolute Gasteiger partial charge is 0.493 e. The number of amides is 1. The summed E-state index contributed by atoms with van der Waals surface area (Å²) in [7, 11) is 1.56. The Kier molecular flexibility index (Phi) is 5.61. The Balaban J connectivity index is 1.85. The number of halogens is 2. The highest BCUT2D eigenvalue weighted by Gasteiger charge is 2.10. The first-order chi connectivity index (χ1) is 10.6. The van der Waals surface area contributed by atoms with Gasteiger partial charge in [0.05, 0.1) is 24.2 Å². The molecule has 1 amide bonds. The SMILES string of the molecule is COc1ccccc1OCCNC(=O)c1ccc(F)cc1Cl. The minimum absolute atomic E-state index is 0.0724. The van der Waals surface area contributed by atoms with Crippen LogP contribution in [-0.2, 0) is 0 Å². The summed E-state index contributed by atoms with van der Waals surface area (Å²) in [5.74, 6) is 0.351. The lowest BCUT2D eigenvalue weighted by Crippen LogP contribution is -2.28. The standard InChI is InChI=1S/C16H15ClFNO3/c1-21-14-4-2-3-5-15(14)22-9-8-19-16(20)12-7-6-11(18)10-13(12)17/h2-7,10H,8-9H2,1H3,(H,19,20). The summed E-state index contributed by atoms with van der Waals surface area (Å²) in [5.41, 5.74) is 0.223. The van der Waals surface area contributed by atoms with Gasteiger partial charge in [0.25, 0.3) is 5.91 Å². The van der Waals surface area contributed by atoms with Crippen LogP contribution in [0.25, 0.3) is 0 Å². The van der Waals surface area contributed by atoms with Crippen LogP contribution in [0.1, 0.15) is 10.4 Å². The molecular formula is C16H15ClFNO3. The summed E-state index contributed by atoms with van der Waals surface area (Å²) >= 11 is 5.82. The lowest BCUT2D eigenvalue weighted by molar-refractivity contribution is 0.0947. The van der Waals surface area contributed by atoms with E-state index in [0.717, 1.165) is 6.07 Å². The molecule has 0 radical (unpaired) electrons. The zero-order valence-electron chi connectivity index (χ0n) is 11.9. The predicted octanol–water partition coefficient (Wildman–Crippen LogP) is 3.30. The Morgan fingerprint density at radius 1 is 1.23 bits per heavy atom. The number of methoxy groups -OCH3 is 1. The van der Waals surface area contributed by atoms with E-state index in [1.54, 1.807) is 19.2 Å². The number of ether oxygens (including phenoxy) is 2. The maximum absolute atomic E-state index is 12.9.